The van der Waals surface area contributed by atoms with Crippen molar-refractivity contribution < 1.29 is 9.90 Å². The molecule has 0 saturated heterocycles. The predicted molar refractivity (Wildman–Crippen MR) is 43.2 cm³/mol. The zero-order valence-corrected chi connectivity index (χ0v) is 7.02. The largest absolute Gasteiger partial charge is 0.480 e. The van der Waals surface area contributed by atoms with Crippen molar-refractivity contribution in [1.29, 1.82) is 0 Å². The van der Waals surface area contributed by atoms with E-state index in [1.807, 2.05) is 13.2 Å². The molecule has 0 unspecified atom stereocenters. The molecule has 4 heteroatoms. The summed E-state index contributed by atoms with van der Waals surface area (Å²) in [6, 6.07) is -0.715. The first-order valence-electron chi connectivity index (χ1n) is 3.07. The molecule has 0 bridgehead atoms. The van der Waals surface area contributed by atoms with Gasteiger partial charge in [0.2, 0.25) is 0 Å². The van der Waals surface area contributed by atoms with Crippen molar-refractivity contribution in [1.82, 2.24) is 0 Å². The number of hydrogen-bond acceptors (Lipinski definition) is 3. The standard InChI is InChI=1S/C6H13NO2S/c1-4(3-10-2)5(7)6(8)9/h4-5H,3,7H2,1-2H3,(H,8,9)/t4-,5+/m0/s1. The maximum atomic E-state index is 10.3. The van der Waals surface area contributed by atoms with Crippen LogP contribution >= 0.6 is 11.8 Å². The molecule has 0 spiro atoms. The van der Waals surface area contributed by atoms with E-state index in [1.54, 1.807) is 11.8 Å². The minimum atomic E-state index is -0.915. The lowest BCUT2D eigenvalue weighted by Gasteiger charge is -2.13. The van der Waals surface area contributed by atoms with Gasteiger partial charge in [-0.1, -0.05) is 6.92 Å². The van der Waals surface area contributed by atoms with Crippen molar-refractivity contribution in [3.63, 3.8) is 0 Å². The number of carbonyl (C=O) groups is 1. The van der Waals surface area contributed by atoms with Crippen LogP contribution in [0.5, 0.6) is 0 Å². The van der Waals surface area contributed by atoms with Crippen LogP contribution in [0.15, 0.2) is 0 Å². The second-order valence-corrected chi connectivity index (χ2v) is 3.21. The van der Waals surface area contributed by atoms with Gasteiger partial charge in [0.25, 0.3) is 0 Å². The summed E-state index contributed by atoms with van der Waals surface area (Å²) >= 11 is 1.61. The average molecular weight is 163 g/mol. The normalized spacial score (nSPS) is 16.3. The van der Waals surface area contributed by atoms with Crippen LogP contribution in [0.2, 0.25) is 0 Å². The number of aliphatic carboxylic acids is 1. The van der Waals surface area contributed by atoms with Gasteiger partial charge >= 0.3 is 5.97 Å². The van der Waals surface area contributed by atoms with Gasteiger partial charge in [0, 0.05) is 0 Å². The molecule has 0 aliphatic rings. The Labute approximate surface area is 65.0 Å². The molecule has 0 aromatic rings. The summed E-state index contributed by atoms with van der Waals surface area (Å²) in [5.74, 6) is -0.0675. The summed E-state index contributed by atoms with van der Waals surface area (Å²) in [6.07, 6.45) is 1.94. The lowest BCUT2D eigenvalue weighted by Crippen LogP contribution is -2.37. The van der Waals surface area contributed by atoms with Crippen molar-refractivity contribution in [3.05, 3.63) is 0 Å². The second kappa shape index (κ2) is 4.57. The Morgan fingerprint density at radius 1 is 1.80 bits per heavy atom. The molecule has 0 aliphatic heterocycles. The highest BCUT2D eigenvalue weighted by Gasteiger charge is 2.18. The number of nitrogens with two attached hydrogens (primary N) is 1. The van der Waals surface area contributed by atoms with Gasteiger partial charge in [-0.05, 0) is 17.9 Å². The molecule has 0 amide bonds. The fourth-order valence-electron chi connectivity index (χ4n) is 0.610. The maximum absolute atomic E-state index is 10.3. The van der Waals surface area contributed by atoms with Gasteiger partial charge in [0.15, 0.2) is 0 Å². The van der Waals surface area contributed by atoms with Gasteiger partial charge in [-0.25, -0.2) is 0 Å². The molecule has 2 atom stereocenters. The van der Waals surface area contributed by atoms with Crippen LogP contribution in [-0.2, 0) is 4.79 Å². The third-order valence-electron chi connectivity index (χ3n) is 1.33. The van der Waals surface area contributed by atoms with Gasteiger partial charge in [0.1, 0.15) is 6.04 Å². The highest BCUT2D eigenvalue weighted by atomic mass is 32.2. The van der Waals surface area contributed by atoms with E-state index in [0.29, 0.717) is 0 Å². The molecule has 0 aromatic carbocycles. The lowest BCUT2D eigenvalue weighted by atomic mass is 10.1. The maximum Gasteiger partial charge on any atom is 0.320 e. The minimum absolute atomic E-state index is 0.0486. The van der Waals surface area contributed by atoms with E-state index in [4.69, 9.17) is 10.8 Å². The van der Waals surface area contributed by atoms with E-state index in [9.17, 15) is 4.79 Å². The molecule has 0 heterocycles. The molecule has 0 aromatic heterocycles. The molecule has 0 aliphatic carbocycles. The van der Waals surface area contributed by atoms with Crippen LogP contribution in [0, 0.1) is 5.92 Å². The summed E-state index contributed by atoms with van der Waals surface area (Å²) in [4.78, 5) is 10.3. The number of rotatable bonds is 4. The zero-order valence-electron chi connectivity index (χ0n) is 6.20. The summed E-state index contributed by atoms with van der Waals surface area (Å²) < 4.78 is 0. The van der Waals surface area contributed by atoms with E-state index in [0.717, 1.165) is 5.75 Å². The Morgan fingerprint density at radius 2 is 2.30 bits per heavy atom. The molecule has 3 N–H and O–H groups in total. The number of carboxylic acid groups (broad SMARTS) is 1. The van der Waals surface area contributed by atoms with Crippen LogP contribution in [-0.4, -0.2) is 29.1 Å². The number of thioether (sulfide) groups is 1. The van der Waals surface area contributed by atoms with Crippen LogP contribution in [0.4, 0.5) is 0 Å². The summed E-state index contributed by atoms with van der Waals surface area (Å²) in [6.45, 7) is 1.84. The van der Waals surface area contributed by atoms with Gasteiger partial charge in [-0.2, -0.15) is 11.8 Å². The summed E-state index contributed by atoms with van der Waals surface area (Å²) in [7, 11) is 0. The van der Waals surface area contributed by atoms with Gasteiger partial charge in [-0.15, -0.1) is 0 Å². The Bertz CT molecular complexity index is 118. The minimum Gasteiger partial charge on any atom is -0.480 e. The van der Waals surface area contributed by atoms with Gasteiger partial charge in [0.05, 0.1) is 0 Å². The van der Waals surface area contributed by atoms with Crippen molar-refractivity contribution in [3.8, 4) is 0 Å². The number of carboxylic acids is 1. The Kier molecular flexibility index (Phi) is 4.47. The highest BCUT2D eigenvalue weighted by Crippen LogP contribution is 2.07. The lowest BCUT2D eigenvalue weighted by molar-refractivity contribution is -0.139. The van der Waals surface area contributed by atoms with E-state index < -0.39 is 12.0 Å². The molecule has 0 rings (SSSR count). The smallest absolute Gasteiger partial charge is 0.320 e. The quantitative estimate of drug-likeness (QED) is 0.629. The van der Waals surface area contributed by atoms with Crippen LogP contribution in [0.3, 0.4) is 0 Å². The Balaban J connectivity index is 3.69. The predicted octanol–water partition coefficient (Wildman–Crippen LogP) is 0.397. The van der Waals surface area contributed by atoms with Crippen molar-refractivity contribution in [2.45, 2.75) is 13.0 Å². The first-order chi connectivity index (χ1) is 4.59. The molecule has 0 fully saturated rings. The first-order valence-corrected chi connectivity index (χ1v) is 4.46. The molecule has 3 nitrogen and oxygen atoms in total. The van der Waals surface area contributed by atoms with Crippen LogP contribution < -0.4 is 5.73 Å². The summed E-state index contributed by atoms with van der Waals surface area (Å²) in [5.41, 5.74) is 5.33. The van der Waals surface area contributed by atoms with Crippen LogP contribution in [0.1, 0.15) is 6.92 Å². The SMILES string of the molecule is CSC[C@H](C)[C@@H](N)C(=O)O. The fourth-order valence-corrected chi connectivity index (χ4v) is 1.34. The molecular formula is C6H13NO2S. The fraction of sp³-hybridized carbons (Fsp3) is 0.833. The van der Waals surface area contributed by atoms with Gasteiger partial charge in [-0.3, -0.25) is 4.79 Å². The van der Waals surface area contributed by atoms with E-state index in [-0.39, 0.29) is 5.92 Å². The Morgan fingerprint density at radius 3 is 2.60 bits per heavy atom. The molecule has 10 heavy (non-hydrogen) atoms. The van der Waals surface area contributed by atoms with Crippen molar-refractivity contribution >= 4 is 17.7 Å². The van der Waals surface area contributed by atoms with Crippen molar-refractivity contribution in [2.24, 2.45) is 11.7 Å². The highest BCUT2D eigenvalue weighted by molar-refractivity contribution is 7.98. The molecule has 60 valence electrons. The molecule has 0 saturated carbocycles. The third kappa shape index (κ3) is 3.08. The second-order valence-electron chi connectivity index (χ2n) is 2.30. The monoisotopic (exact) mass is 163 g/mol. The summed E-state index contributed by atoms with van der Waals surface area (Å²) in [5, 5.41) is 8.44. The van der Waals surface area contributed by atoms with E-state index in [2.05, 4.69) is 0 Å². The first kappa shape index (κ1) is 9.78. The average Bonchev–Trinajstić information content (AvgIpc) is 1.87. The third-order valence-corrected chi connectivity index (χ3v) is 2.19. The van der Waals surface area contributed by atoms with Crippen molar-refractivity contribution in [2.75, 3.05) is 12.0 Å². The van der Waals surface area contributed by atoms with E-state index in [1.165, 1.54) is 0 Å². The number of hydrogen-bond donors (Lipinski definition) is 2. The molecule has 0 radical (unpaired) electrons. The van der Waals surface area contributed by atoms with E-state index >= 15 is 0 Å². The van der Waals surface area contributed by atoms with Gasteiger partial charge < -0.3 is 10.8 Å². The zero-order chi connectivity index (χ0) is 8.15. The Hall–Kier alpha value is -0.220. The topological polar surface area (TPSA) is 63.3 Å². The molecular weight excluding hydrogens is 150 g/mol. The van der Waals surface area contributed by atoms with Crippen LogP contribution in [0.25, 0.3) is 0 Å².